The van der Waals surface area contributed by atoms with Crippen molar-refractivity contribution in [2.45, 2.75) is 19.6 Å². The summed E-state index contributed by atoms with van der Waals surface area (Å²) in [4.78, 5) is 11.5. The number of cyclic esters (lactones) is 1. The van der Waals surface area contributed by atoms with E-state index in [1.165, 1.54) is 6.08 Å². The summed E-state index contributed by atoms with van der Waals surface area (Å²) in [6.07, 6.45) is 1.38. The molecule has 2 aromatic rings. The molecule has 0 fully saturated rings. The van der Waals surface area contributed by atoms with Crippen LogP contribution >= 0.6 is 0 Å². The number of hydrogen-bond acceptors (Lipinski definition) is 3. The summed E-state index contributed by atoms with van der Waals surface area (Å²) in [5.41, 5.74) is 0.878. The zero-order chi connectivity index (χ0) is 13.5. The number of carbonyl (C=O) groups is 1. The Morgan fingerprint density at radius 2 is 1.68 bits per heavy atom. The largest absolute Gasteiger partial charge is 0.452 e. The summed E-state index contributed by atoms with van der Waals surface area (Å²) < 4.78 is 10.8. The van der Waals surface area contributed by atoms with E-state index in [2.05, 4.69) is 0 Å². The van der Waals surface area contributed by atoms with E-state index in [0.717, 1.165) is 16.3 Å². The Kier molecular flexibility index (Phi) is 2.56. The molecule has 0 atom stereocenters. The summed E-state index contributed by atoms with van der Waals surface area (Å²) >= 11 is 0. The maximum atomic E-state index is 11.5. The van der Waals surface area contributed by atoms with Crippen LogP contribution in [0, 0.1) is 0 Å². The second-order valence-electron chi connectivity index (χ2n) is 4.99. The molecule has 0 amide bonds. The molecule has 0 unspecified atom stereocenters. The highest BCUT2D eigenvalue weighted by molar-refractivity contribution is 5.93. The van der Waals surface area contributed by atoms with E-state index in [9.17, 15) is 4.79 Å². The second kappa shape index (κ2) is 4.12. The molecule has 0 spiro atoms. The fourth-order valence-electron chi connectivity index (χ4n) is 2.18. The second-order valence-corrected chi connectivity index (χ2v) is 4.99. The van der Waals surface area contributed by atoms with E-state index in [1.54, 1.807) is 13.8 Å². The van der Waals surface area contributed by atoms with Crippen molar-refractivity contribution in [2.75, 3.05) is 0 Å². The first-order valence-electron chi connectivity index (χ1n) is 6.16. The van der Waals surface area contributed by atoms with E-state index in [0.29, 0.717) is 5.76 Å². The Balaban J connectivity index is 2.07. The summed E-state index contributed by atoms with van der Waals surface area (Å²) in [6.45, 7) is 3.44. The lowest BCUT2D eigenvalue weighted by Gasteiger charge is -2.30. The predicted molar refractivity (Wildman–Crippen MR) is 73.2 cm³/mol. The molecule has 19 heavy (non-hydrogen) atoms. The monoisotopic (exact) mass is 254 g/mol. The highest BCUT2D eigenvalue weighted by Gasteiger charge is 2.30. The van der Waals surface area contributed by atoms with Gasteiger partial charge in [-0.3, -0.25) is 0 Å². The third-order valence-corrected chi connectivity index (χ3v) is 2.99. The summed E-state index contributed by atoms with van der Waals surface area (Å²) in [5.74, 6) is -0.751. The zero-order valence-corrected chi connectivity index (χ0v) is 10.8. The average molecular weight is 254 g/mol. The average Bonchev–Trinajstić information content (AvgIpc) is 2.36. The molecule has 0 bridgehead atoms. The van der Waals surface area contributed by atoms with E-state index in [1.807, 2.05) is 42.5 Å². The molecule has 1 heterocycles. The van der Waals surface area contributed by atoms with Gasteiger partial charge in [0, 0.05) is 19.4 Å². The fourth-order valence-corrected chi connectivity index (χ4v) is 2.18. The van der Waals surface area contributed by atoms with Gasteiger partial charge >= 0.3 is 5.97 Å². The Bertz CT molecular complexity index is 683. The Morgan fingerprint density at radius 3 is 2.42 bits per heavy atom. The molecular weight excluding hydrogens is 240 g/mol. The molecule has 3 heteroatoms. The van der Waals surface area contributed by atoms with Crippen molar-refractivity contribution >= 4 is 22.5 Å². The molecule has 0 radical (unpaired) electrons. The van der Waals surface area contributed by atoms with Gasteiger partial charge in [-0.1, -0.05) is 36.4 Å². The van der Waals surface area contributed by atoms with E-state index in [4.69, 9.17) is 9.47 Å². The molecule has 2 aromatic carbocycles. The molecule has 96 valence electrons. The van der Waals surface area contributed by atoms with Gasteiger partial charge in [0.15, 0.2) is 0 Å². The van der Waals surface area contributed by atoms with E-state index in [-0.39, 0.29) is 5.97 Å². The topological polar surface area (TPSA) is 35.5 Å². The SMILES string of the molecule is CC1(C)OC(=O)C=C(c2ccc3ccccc3c2)O1. The molecule has 1 aliphatic rings. The van der Waals surface area contributed by atoms with Gasteiger partial charge < -0.3 is 9.47 Å². The molecule has 0 saturated heterocycles. The first kappa shape index (κ1) is 11.8. The minimum atomic E-state index is -0.924. The molecule has 3 rings (SSSR count). The highest BCUT2D eigenvalue weighted by Crippen LogP contribution is 2.30. The van der Waals surface area contributed by atoms with Crippen LogP contribution in [-0.4, -0.2) is 11.8 Å². The first-order chi connectivity index (χ1) is 9.03. The molecule has 0 N–H and O–H groups in total. The van der Waals surface area contributed by atoms with Gasteiger partial charge in [0.2, 0.25) is 5.79 Å². The lowest BCUT2D eigenvalue weighted by atomic mass is 10.1. The van der Waals surface area contributed by atoms with Crippen molar-refractivity contribution in [3.05, 3.63) is 54.1 Å². The summed E-state index contributed by atoms with van der Waals surface area (Å²) in [6, 6.07) is 14.0. The number of hydrogen-bond donors (Lipinski definition) is 0. The van der Waals surface area contributed by atoms with Crippen LogP contribution in [-0.2, 0) is 14.3 Å². The molecular formula is C16H14O3. The standard InChI is InChI=1S/C16H14O3/c1-16(2)18-14(10-15(17)19-16)13-8-7-11-5-3-4-6-12(11)9-13/h3-10H,1-2H3. The Labute approximate surface area is 111 Å². The van der Waals surface area contributed by atoms with Gasteiger partial charge in [-0.25, -0.2) is 4.79 Å². The number of carbonyl (C=O) groups excluding carboxylic acids is 1. The number of ether oxygens (including phenoxy) is 2. The van der Waals surface area contributed by atoms with Gasteiger partial charge in [0.05, 0.1) is 6.08 Å². The van der Waals surface area contributed by atoms with Crippen molar-refractivity contribution in [3.8, 4) is 0 Å². The number of rotatable bonds is 1. The van der Waals surface area contributed by atoms with Crippen molar-refractivity contribution in [3.63, 3.8) is 0 Å². The third kappa shape index (κ3) is 2.32. The van der Waals surface area contributed by atoms with Crippen LogP contribution in [0.25, 0.3) is 16.5 Å². The van der Waals surface area contributed by atoms with Crippen LogP contribution in [0.2, 0.25) is 0 Å². The summed E-state index contributed by atoms with van der Waals surface area (Å²) in [7, 11) is 0. The van der Waals surface area contributed by atoms with Gasteiger partial charge in [-0.2, -0.15) is 0 Å². The van der Waals surface area contributed by atoms with Crippen LogP contribution in [0.4, 0.5) is 0 Å². The maximum absolute atomic E-state index is 11.5. The van der Waals surface area contributed by atoms with Gasteiger partial charge in [0.1, 0.15) is 5.76 Å². The molecule has 1 aliphatic heterocycles. The minimum absolute atomic E-state index is 0.376. The van der Waals surface area contributed by atoms with Crippen molar-refractivity contribution in [2.24, 2.45) is 0 Å². The van der Waals surface area contributed by atoms with Gasteiger partial charge in [0.25, 0.3) is 0 Å². The zero-order valence-electron chi connectivity index (χ0n) is 10.8. The van der Waals surface area contributed by atoms with Crippen LogP contribution in [0.1, 0.15) is 19.4 Å². The van der Waals surface area contributed by atoms with Crippen LogP contribution < -0.4 is 0 Å². The Hall–Kier alpha value is -2.29. The first-order valence-corrected chi connectivity index (χ1v) is 6.16. The number of benzene rings is 2. The predicted octanol–water partition coefficient (Wildman–Crippen LogP) is 3.49. The Morgan fingerprint density at radius 1 is 0.947 bits per heavy atom. The number of fused-ring (bicyclic) bond motifs is 1. The highest BCUT2D eigenvalue weighted by atomic mass is 16.7. The smallest absolute Gasteiger partial charge is 0.337 e. The van der Waals surface area contributed by atoms with E-state index < -0.39 is 5.79 Å². The quantitative estimate of drug-likeness (QED) is 0.731. The van der Waals surface area contributed by atoms with Gasteiger partial charge in [-0.05, 0) is 16.8 Å². The normalized spacial score (nSPS) is 17.6. The van der Waals surface area contributed by atoms with Crippen molar-refractivity contribution in [1.82, 2.24) is 0 Å². The van der Waals surface area contributed by atoms with Crippen molar-refractivity contribution in [1.29, 1.82) is 0 Å². The van der Waals surface area contributed by atoms with E-state index >= 15 is 0 Å². The van der Waals surface area contributed by atoms with Crippen molar-refractivity contribution < 1.29 is 14.3 Å². The van der Waals surface area contributed by atoms with Crippen LogP contribution in [0.15, 0.2) is 48.5 Å². The molecule has 0 saturated carbocycles. The lowest BCUT2D eigenvalue weighted by molar-refractivity contribution is -0.193. The maximum Gasteiger partial charge on any atom is 0.337 e. The summed E-state index contributed by atoms with van der Waals surface area (Å²) in [5, 5.41) is 2.27. The van der Waals surface area contributed by atoms with Crippen LogP contribution in [0.5, 0.6) is 0 Å². The molecule has 0 aromatic heterocycles. The molecule has 0 aliphatic carbocycles. The third-order valence-electron chi connectivity index (χ3n) is 2.99. The van der Waals surface area contributed by atoms with Crippen LogP contribution in [0.3, 0.4) is 0 Å². The number of esters is 1. The minimum Gasteiger partial charge on any atom is -0.452 e. The fraction of sp³-hybridized carbons (Fsp3) is 0.188. The molecule has 3 nitrogen and oxygen atoms in total. The van der Waals surface area contributed by atoms with Gasteiger partial charge in [-0.15, -0.1) is 0 Å². The lowest BCUT2D eigenvalue weighted by Crippen LogP contribution is -2.33.